The predicted octanol–water partition coefficient (Wildman–Crippen LogP) is 16.0. The van der Waals surface area contributed by atoms with Crippen LogP contribution >= 0.6 is 11.6 Å². The molecule has 2 heteroatoms. The summed E-state index contributed by atoms with van der Waals surface area (Å²) in [5.74, 6) is 3.51. The fourth-order valence-corrected chi connectivity index (χ4v) is 4.70. The molecule has 0 radical (unpaired) electrons. The number of rotatable bonds is 14. The van der Waals surface area contributed by atoms with E-state index >= 15 is 0 Å². The summed E-state index contributed by atoms with van der Waals surface area (Å²) in [6, 6.07) is 0.615. The first-order chi connectivity index (χ1) is 21.8. The first kappa shape index (κ1) is 55.6. The van der Waals surface area contributed by atoms with Crippen LogP contribution in [0.1, 0.15) is 189 Å². The van der Waals surface area contributed by atoms with E-state index in [9.17, 15) is 0 Å². The van der Waals surface area contributed by atoms with Crippen LogP contribution in [0.15, 0.2) is 48.1 Å². The van der Waals surface area contributed by atoms with Crippen molar-refractivity contribution in [3.8, 4) is 0 Å². The van der Waals surface area contributed by atoms with Gasteiger partial charge < -0.3 is 5.32 Å². The van der Waals surface area contributed by atoms with Gasteiger partial charge in [0, 0.05) is 11.4 Å². The molecule has 0 aromatic carbocycles. The number of hydrogen-bond acceptors (Lipinski definition) is 1. The van der Waals surface area contributed by atoms with Crippen molar-refractivity contribution in [2.45, 2.75) is 201 Å². The smallest absolute Gasteiger partial charge is 0.0330 e. The third-order valence-corrected chi connectivity index (χ3v) is 8.55. The molecule has 0 saturated heterocycles. The SMILES string of the molecule is C=C(C)C(C)C(CC)NCCCCC.C=CC.CC.CC(C)(C)C.CC(C)C(C)Cl.CCCC(CCC)C1=CC(C)CC(C)C(C)=C1. The van der Waals surface area contributed by atoms with E-state index in [2.05, 4.69) is 134 Å². The molecule has 0 spiro atoms. The van der Waals surface area contributed by atoms with E-state index in [-0.39, 0.29) is 0 Å². The lowest BCUT2D eigenvalue weighted by molar-refractivity contribution is 0.400. The van der Waals surface area contributed by atoms with E-state index in [4.69, 9.17) is 11.6 Å². The standard InChI is InChI=1S/C17H30.C13H27N.C5H11Cl.C5H12.C3H6.C2H6/c1-6-8-16(9-7-2)17-11-13(3)10-14(4)15(5)12-17;1-6-8-9-10-14-13(7-2)12(5)11(3)4;1-4(2)5(3)6;1-5(2,3)4;1-3-2;1-2/h11-14,16H,6-10H2,1-5H3;12-14H,3,6-10H2,1-2,4-5H3;4-5H,1-3H3;1-4H3;3H,1H2,2H3;1-2H3. The molecule has 284 valence electrons. The number of halogens is 1. The molecular formula is C45H92ClN. The summed E-state index contributed by atoms with van der Waals surface area (Å²) in [5, 5.41) is 3.95. The van der Waals surface area contributed by atoms with Crippen molar-refractivity contribution in [2.75, 3.05) is 6.54 Å². The molecule has 0 saturated carbocycles. The van der Waals surface area contributed by atoms with Crippen molar-refractivity contribution < 1.29 is 0 Å². The Bertz CT molecular complexity index is 718. The van der Waals surface area contributed by atoms with Crippen LogP contribution in [0.3, 0.4) is 0 Å². The van der Waals surface area contributed by atoms with Crippen molar-refractivity contribution in [2.24, 2.45) is 35.0 Å². The zero-order valence-corrected chi connectivity index (χ0v) is 36.9. The molecule has 1 nitrogen and oxygen atoms in total. The third-order valence-electron chi connectivity index (χ3n) is 8.05. The normalized spacial score (nSPS) is 17.4. The number of allylic oxidation sites excluding steroid dienone is 5. The quantitative estimate of drug-likeness (QED) is 0.109. The fourth-order valence-electron chi connectivity index (χ4n) is 4.70. The lowest BCUT2D eigenvalue weighted by atomic mass is 9.88. The summed E-state index contributed by atoms with van der Waals surface area (Å²) in [5.41, 5.74) is 5.00. The van der Waals surface area contributed by atoms with E-state index in [1.807, 2.05) is 27.7 Å². The molecule has 0 fully saturated rings. The van der Waals surface area contributed by atoms with E-state index < -0.39 is 0 Å². The highest BCUT2D eigenvalue weighted by molar-refractivity contribution is 6.20. The minimum absolute atomic E-state index is 0.324. The van der Waals surface area contributed by atoms with Gasteiger partial charge in [0.2, 0.25) is 0 Å². The molecule has 1 rings (SSSR count). The lowest BCUT2D eigenvalue weighted by Gasteiger charge is -2.24. The summed E-state index contributed by atoms with van der Waals surface area (Å²) in [6.07, 6.45) is 18.5. The van der Waals surface area contributed by atoms with Gasteiger partial charge >= 0.3 is 0 Å². The van der Waals surface area contributed by atoms with E-state index in [0.29, 0.717) is 28.7 Å². The Balaban J connectivity index is -0.000000174. The average molecular weight is 683 g/mol. The van der Waals surface area contributed by atoms with Gasteiger partial charge in [0.25, 0.3) is 0 Å². The summed E-state index contributed by atoms with van der Waals surface area (Å²) >= 11 is 5.61. The molecule has 1 aliphatic rings. The zero-order chi connectivity index (χ0) is 38.2. The van der Waals surface area contributed by atoms with Gasteiger partial charge in [0.05, 0.1) is 0 Å². The van der Waals surface area contributed by atoms with Crippen molar-refractivity contribution >= 4 is 11.6 Å². The average Bonchev–Trinajstić information content (AvgIpc) is 3.10. The Hall–Kier alpha value is -0.790. The van der Waals surface area contributed by atoms with Gasteiger partial charge in [-0.05, 0) is 107 Å². The Morgan fingerprint density at radius 3 is 1.70 bits per heavy atom. The topological polar surface area (TPSA) is 12.0 Å². The van der Waals surface area contributed by atoms with Gasteiger partial charge in [0.15, 0.2) is 0 Å². The Morgan fingerprint density at radius 2 is 1.38 bits per heavy atom. The second-order valence-electron chi connectivity index (χ2n) is 15.6. The molecular weight excluding hydrogens is 590 g/mol. The second kappa shape index (κ2) is 36.5. The molecule has 47 heavy (non-hydrogen) atoms. The van der Waals surface area contributed by atoms with E-state index in [1.54, 1.807) is 17.2 Å². The fraction of sp³-hybridized carbons (Fsp3) is 0.822. The predicted molar refractivity (Wildman–Crippen MR) is 226 cm³/mol. The van der Waals surface area contributed by atoms with Gasteiger partial charge in [0.1, 0.15) is 0 Å². The molecule has 0 aliphatic heterocycles. The van der Waals surface area contributed by atoms with Crippen LogP contribution in [-0.2, 0) is 0 Å². The minimum Gasteiger partial charge on any atom is -0.313 e. The zero-order valence-electron chi connectivity index (χ0n) is 36.1. The van der Waals surface area contributed by atoms with Crippen LogP contribution in [0.5, 0.6) is 0 Å². The molecule has 0 amide bonds. The van der Waals surface area contributed by atoms with Gasteiger partial charge in [-0.15, -0.1) is 18.2 Å². The summed E-state index contributed by atoms with van der Waals surface area (Å²) in [6.45, 7) is 50.0. The maximum atomic E-state index is 5.61. The lowest BCUT2D eigenvalue weighted by Crippen LogP contribution is -2.35. The summed E-state index contributed by atoms with van der Waals surface area (Å²) in [4.78, 5) is 0. The van der Waals surface area contributed by atoms with Crippen molar-refractivity contribution in [1.82, 2.24) is 5.32 Å². The van der Waals surface area contributed by atoms with Crippen LogP contribution < -0.4 is 5.32 Å². The molecule has 1 aliphatic carbocycles. The van der Waals surface area contributed by atoms with Crippen LogP contribution in [0.2, 0.25) is 0 Å². The van der Waals surface area contributed by atoms with Crippen LogP contribution in [0.25, 0.3) is 0 Å². The number of nitrogens with one attached hydrogen (secondary N) is 1. The maximum Gasteiger partial charge on any atom is 0.0330 e. The Labute approximate surface area is 306 Å². The molecule has 1 N–H and O–H groups in total. The number of hydrogen-bond donors (Lipinski definition) is 1. The largest absolute Gasteiger partial charge is 0.313 e. The highest BCUT2D eigenvalue weighted by Gasteiger charge is 2.18. The van der Waals surface area contributed by atoms with Crippen LogP contribution in [-0.4, -0.2) is 18.0 Å². The molecule has 0 bridgehead atoms. The number of alkyl halides is 1. The first-order valence-corrected chi connectivity index (χ1v) is 20.2. The van der Waals surface area contributed by atoms with Crippen molar-refractivity contribution in [1.29, 1.82) is 0 Å². The van der Waals surface area contributed by atoms with Gasteiger partial charge in [-0.25, -0.2) is 0 Å². The minimum atomic E-state index is 0.324. The Morgan fingerprint density at radius 1 is 0.957 bits per heavy atom. The third kappa shape index (κ3) is 41.3. The van der Waals surface area contributed by atoms with Crippen LogP contribution in [0, 0.1) is 35.0 Å². The van der Waals surface area contributed by atoms with E-state index in [1.165, 1.54) is 63.4 Å². The highest BCUT2D eigenvalue weighted by Crippen LogP contribution is 2.32. The number of unbranched alkanes of at least 4 members (excludes halogenated alkanes) is 2. The highest BCUT2D eigenvalue weighted by atomic mass is 35.5. The van der Waals surface area contributed by atoms with Crippen molar-refractivity contribution in [3.05, 3.63) is 48.1 Å². The maximum absolute atomic E-state index is 5.61. The molecule has 0 aromatic rings. The van der Waals surface area contributed by atoms with Gasteiger partial charge in [-0.1, -0.05) is 165 Å². The van der Waals surface area contributed by atoms with Crippen LogP contribution in [0.4, 0.5) is 0 Å². The van der Waals surface area contributed by atoms with Crippen molar-refractivity contribution in [3.63, 3.8) is 0 Å². The molecule has 0 aromatic heterocycles. The van der Waals surface area contributed by atoms with E-state index in [0.717, 1.165) is 24.3 Å². The van der Waals surface area contributed by atoms with Gasteiger partial charge in [-0.3, -0.25) is 0 Å². The summed E-state index contributed by atoms with van der Waals surface area (Å²) < 4.78 is 0. The molecule has 5 atom stereocenters. The molecule has 5 unspecified atom stereocenters. The first-order valence-electron chi connectivity index (χ1n) is 19.8. The molecule has 0 heterocycles. The second-order valence-corrected chi connectivity index (χ2v) is 16.3. The van der Waals surface area contributed by atoms with Gasteiger partial charge in [-0.2, -0.15) is 0 Å². The Kier molecular flexibility index (Phi) is 43.2. The summed E-state index contributed by atoms with van der Waals surface area (Å²) in [7, 11) is 0. The monoisotopic (exact) mass is 682 g/mol.